The van der Waals surface area contributed by atoms with Gasteiger partial charge in [0.1, 0.15) is 12.9 Å². The van der Waals surface area contributed by atoms with Crippen molar-refractivity contribution in [3.63, 3.8) is 0 Å². The van der Waals surface area contributed by atoms with Crippen molar-refractivity contribution in [3.8, 4) is 0 Å². The molecule has 0 aliphatic carbocycles. The van der Waals surface area contributed by atoms with E-state index in [1.165, 1.54) is 11.0 Å². The van der Waals surface area contributed by atoms with Crippen molar-refractivity contribution < 1.29 is 4.79 Å². The van der Waals surface area contributed by atoms with Gasteiger partial charge in [0.15, 0.2) is 0 Å². The van der Waals surface area contributed by atoms with Crippen molar-refractivity contribution in [1.29, 1.82) is 0 Å². The molecule has 0 aliphatic heterocycles. The molecule has 76 valence electrons. The van der Waals surface area contributed by atoms with E-state index < -0.39 is 0 Å². The van der Waals surface area contributed by atoms with E-state index in [2.05, 4.69) is 37.9 Å². The average molecular weight is 260 g/mol. The fraction of sp³-hybridized carbons (Fsp3) is 0.286. The Kier molecular flexibility index (Phi) is 3.63. The summed E-state index contributed by atoms with van der Waals surface area (Å²) in [6.07, 6.45) is 1.40. The average Bonchev–Trinajstić information content (AvgIpc) is 2.48. The molecular weight excluding hydrogens is 250 g/mol. The standard InChI is InChI=1S/C7H10BrN5O/c1-5(8)2-10-6(14)3-13-4-11-7(9)12-13/h4H,1-3H2,(H2,9,12)(H,10,14). The molecule has 1 rings (SSSR count). The van der Waals surface area contributed by atoms with Crippen LogP contribution in [0.25, 0.3) is 0 Å². The number of aromatic nitrogens is 3. The second-order valence-electron chi connectivity index (χ2n) is 2.59. The summed E-state index contributed by atoms with van der Waals surface area (Å²) >= 11 is 3.13. The first kappa shape index (κ1) is 10.7. The normalized spacial score (nSPS) is 9.79. The zero-order valence-corrected chi connectivity index (χ0v) is 8.99. The lowest BCUT2D eigenvalue weighted by molar-refractivity contribution is -0.121. The Bertz CT molecular complexity index is 348. The minimum Gasteiger partial charge on any atom is -0.367 e. The van der Waals surface area contributed by atoms with Gasteiger partial charge in [0.2, 0.25) is 11.9 Å². The molecule has 1 aromatic rings. The summed E-state index contributed by atoms with van der Waals surface area (Å²) in [6.45, 7) is 4.08. The molecule has 1 aromatic heterocycles. The topological polar surface area (TPSA) is 85.8 Å². The number of nitrogens with two attached hydrogens (primary N) is 1. The van der Waals surface area contributed by atoms with Crippen LogP contribution in [0.5, 0.6) is 0 Å². The maximum Gasteiger partial charge on any atom is 0.242 e. The molecule has 0 saturated heterocycles. The number of carbonyl (C=O) groups excluding carboxylic acids is 1. The summed E-state index contributed by atoms with van der Waals surface area (Å²) in [7, 11) is 0. The minimum atomic E-state index is -0.171. The van der Waals surface area contributed by atoms with Gasteiger partial charge in [-0.05, 0) is 0 Å². The van der Waals surface area contributed by atoms with Crippen molar-refractivity contribution in [2.45, 2.75) is 6.54 Å². The van der Waals surface area contributed by atoms with Crippen LogP contribution in [0.3, 0.4) is 0 Å². The highest BCUT2D eigenvalue weighted by molar-refractivity contribution is 9.11. The number of halogens is 1. The van der Waals surface area contributed by atoms with Gasteiger partial charge in [0, 0.05) is 11.0 Å². The Labute approximate surface area is 89.3 Å². The molecule has 7 heteroatoms. The molecule has 0 bridgehead atoms. The van der Waals surface area contributed by atoms with Gasteiger partial charge < -0.3 is 11.1 Å². The van der Waals surface area contributed by atoms with Gasteiger partial charge in [0.25, 0.3) is 0 Å². The molecule has 1 amide bonds. The number of nitrogens with one attached hydrogen (secondary N) is 1. The van der Waals surface area contributed by atoms with Gasteiger partial charge in [-0.2, -0.15) is 0 Å². The summed E-state index contributed by atoms with van der Waals surface area (Å²) in [5.41, 5.74) is 5.28. The number of hydrogen-bond acceptors (Lipinski definition) is 4. The first-order chi connectivity index (χ1) is 6.58. The number of anilines is 1. The van der Waals surface area contributed by atoms with Gasteiger partial charge in [-0.15, -0.1) is 5.10 Å². The second kappa shape index (κ2) is 4.75. The van der Waals surface area contributed by atoms with Crippen molar-refractivity contribution in [3.05, 3.63) is 17.4 Å². The van der Waals surface area contributed by atoms with E-state index in [1.807, 2.05) is 0 Å². The fourth-order valence-electron chi connectivity index (χ4n) is 0.783. The largest absolute Gasteiger partial charge is 0.367 e. The van der Waals surface area contributed by atoms with E-state index >= 15 is 0 Å². The van der Waals surface area contributed by atoms with E-state index in [0.29, 0.717) is 11.0 Å². The smallest absolute Gasteiger partial charge is 0.242 e. The molecule has 0 spiro atoms. The van der Waals surface area contributed by atoms with Crippen LogP contribution in [0.1, 0.15) is 0 Å². The van der Waals surface area contributed by atoms with Crippen LogP contribution in [0, 0.1) is 0 Å². The Morgan fingerprint density at radius 3 is 3.00 bits per heavy atom. The molecule has 0 aliphatic rings. The lowest BCUT2D eigenvalue weighted by Crippen LogP contribution is -2.28. The zero-order valence-electron chi connectivity index (χ0n) is 7.40. The van der Waals surface area contributed by atoms with Crippen molar-refractivity contribution in [2.75, 3.05) is 12.3 Å². The third-order valence-corrected chi connectivity index (χ3v) is 1.62. The van der Waals surface area contributed by atoms with Crippen LogP contribution >= 0.6 is 15.9 Å². The van der Waals surface area contributed by atoms with Gasteiger partial charge >= 0.3 is 0 Å². The molecule has 0 saturated carbocycles. The van der Waals surface area contributed by atoms with Crippen molar-refractivity contribution in [1.82, 2.24) is 20.1 Å². The van der Waals surface area contributed by atoms with Crippen LogP contribution < -0.4 is 11.1 Å². The number of nitrogens with zero attached hydrogens (tertiary/aromatic N) is 3. The minimum absolute atomic E-state index is 0.102. The quantitative estimate of drug-likeness (QED) is 0.790. The summed E-state index contributed by atoms with van der Waals surface area (Å²) in [6, 6.07) is 0. The molecule has 0 fully saturated rings. The van der Waals surface area contributed by atoms with Crippen molar-refractivity contribution >= 4 is 27.8 Å². The van der Waals surface area contributed by atoms with E-state index in [4.69, 9.17) is 5.73 Å². The molecule has 0 aromatic carbocycles. The molecule has 0 atom stereocenters. The molecule has 1 heterocycles. The zero-order chi connectivity index (χ0) is 10.6. The SMILES string of the molecule is C=C(Br)CNC(=O)Cn1cnc(N)n1. The highest BCUT2D eigenvalue weighted by Gasteiger charge is 2.03. The maximum atomic E-state index is 11.2. The lowest BCUT2D eigenvalue weighted by Gasteiger charge is -2.02. The summed E-state index contributed by atoms with van der Waals surface area (Å²) in [5, 5.41) is 6.39. The van der Waals surface area contributed by atoms with Crippen LogP contribution in [-0.4, -0.2) is 27.2 Å². The monoisotopic (exact) mass is 259 g/mol. The summed E-state index contributed by atoms with van der Waals surface area (Å²) in [5.74, 6) is -0.0156. The highest BCUT2D eigenvalue weighted by Crippen LogP contribution is 1.96. The molecule has 6 nitrogen and oxygen atoms in total. The van der Waals surface area contributed by atoms with Gasteiger partial charge in [-0.3, -0.25) is 4.79 Å². The fourth-order valence-corrected chi connectivity index (χ4v) is 0.923. The number of amides is 1. The molecule has 3 N–H and O–H groups in total. The van der Waals surface area contributed by atoms with E-state index in [0.717, 1.165) is 0 Å². The van der Waals surface area contributed by atoms with Crippen LogP contribution in [0.15, 0.2) is 17.4 Å². The predicted octanol–water partition coefficient (Wildman–Crippen LogP) is -0.115. The Balaban J connectivity index is 2.37. The van der Waals surface area contributed by atoms with Gasteiger partial charge in [0.05, 0.1) is 0 Å². The lowest BCUT2D eigenvalue weighted by atomic mass is 10.5. The maximum absolute atomic E-state index is 11.2. The molecular formula is C7H10BrN5O. The number of hydrogen-bond donors (Lipinski definition) is 2. The van der Waals surface area contributed by atoms with Gasteiger partial charge in [-0.25, -0.2) is 9.67 Å². The Morgan fingerprint density at radius 2 is 2.50 bits per heavy atom. The second-order valence-corrected chi connectivity index (χ2v) is 3.72. The number of nitrogen functional groups attached to an aromatic ring is 1. The van der Waals surface area contributed by atoms with Crippen LogP contribution in [-0.2, 0) is 11.3 Å². The molecule has 0 radical (unpaired) electrons. The third kappa shape index (κ3) is 3.56. The van der Waals surface area contributed by atoms with Crippen molar-refractivity contribution in [2.24, 2.45) is 0 Å². The number of rotatable bonds is 4. The highest BCUT2D eigenvalue weighted by atomic mass is 79.9. The molecule has 0 unspecified atom stereocenters. The Hall–Kier alpha value is -1.37. The van der Waals surface area contributed by atoms with E-state index in [9.17, 15) is 4.79 Å². The van der Waals surface area contributed by atoms with E-state index in [1.54, 1.807) is 0 Å². The van der Waals surface area contributed by atoms with Crippen LogP contribution in [0.4, 0.5) is 5.95 Å². The first-order valence-electron chi connectivity index (χ1n) is 3.83. The number of carbonyl (C=O) groups is 1. The third-order valence-electron chi connectivity index (χ3n) is 1.34. The molecule has 14 heavy (non-hydrogen) atoms. The summed E-state index contributed by atoms with van der Waals surface area (Å²) < 4.78 is 2.07. The summed E-state index contributed by atoms with van der Waals surface area (Å²) in [4.78, 5) is 14.9. The Morgan fingerprint density at radius 1 is 1.79 bits per heavy atom. The predicted molar refractivity (Wildman–Crippen MR) is 55.5 cm³/mol. The van der Waals surface area contributed by atoms with E-state index in [-0.39, 0.29) is 18.4 Å². The van der Waals surface area contributed by atoms with Gasteiger partial charge in [-0.1, -0.05) is 22.5 Å². The first-order valence-corrected chi connectivity index (χ1v) is 4.62. The van der Waals surface area contributed by atoms with Crippen LogP contribution in [0.2, 0.25) is 0 Å².